The lowest BCUT2D eigenvalue weighted by Gasteiger charge is -2.10. The summed E-state index contributed by atoms with van der Waals surface area (Å²) in [6.45, 7) is 5.18. The molecule has 0 atom stereocenters. The first kappa shape index (κ1) is 26.7. The number of ether oxygens (including phenoxy) is 2. The number of hydrogen-bond donors (Lipinski definition) is 0. The van der Waals surface area contributed by atoms with E-state index in [0.717, 1.165) is 33.2 Å². The molecule has 0 N–H and O–H groups in total. The van der Waals surface area contributed by atoms with Crippen molar-refractivity contribution in [1.82, 2.24) is 4.98 Å². The normalized spacial score (nSPS) is 13.0. The third-order valence-electron chi connectivity index (χ3n) is 4.58. The van der Waals surface area contributed by atoms with Gasteiger partial charge in [-0.1, -0.05) is 24.3 Å². The van der Waals surface area contributed by atoms with Crippen molar-refractivity contribution in [2.45, 2.75) is 44.0 Å². The lowest BCUT2D eigenvalue weighted by molar-refractivity contribution is -0.139. The molecule has 33 heavy (non-hydrogen) atoms. The number of thiazole rings is 1. The first-order valence-corrected chi connectivity index (χ1v) is 11.8. The van der Waals surface area contributed by atoms with Crippen LogP contribution in [0.3, 0.4) is 0 Å². The van der Waals surface area contributed by atoms with E-state index in [1.54, 1.807) is 32.7 Å². The summed E-state index contributed by atoms with van der Waals surface area (Å²) < 4.78 is 49.3. The van der Waals surface area contributed by atoms with Gasteiger partial charge in [0.1, 0.15) is 10.8 Å². The van der Waals surface area contributed by atoms with Crippen molar-refractivity contribution in [2.75, 3.05) is 14.2 Å². The maximum absolute atomic E-state index is 13.1. The maximum Gasteiger partial charge on any atom is 0.416 e. The molecule has 1 aromatic heterocycles. The van der Waals surface area contributed by atoms with Crippen molar-refractivity contribution in [3.63, 3.8) is 0 Å². The standard InChI is InChI=1S/C24H26F3NO3S2/c1-6-7-18(24(25,26)27)10-8-15(2)23-28-16(3)21(33-23)14-32-20-11-9-17(12-19(20)30-4)13-22(29)31-5/h6-12H,13-14H2,1-5H3/b7-6-,15-8+,18-10+. The number of carbonyl (C=O) groups excluding carboxylic acids is 1. The first-order chi connectivity index (χ1) is 15.6. The molecule has 2 rings (SSSR count). The van der Waals surface area contributed by atoms with Gasteiger partial charge >= 0.3 is 12.1 Å². The molecule has 0 aliphatic carbocycles. The molecule has 0 unspecified atom stereocenters. The van der Waals surface area contributed by atoms with Crippen LogP contribution in [0.4, 0.5) is 13.2 Å². The Hall–Kier alpha value is -2.52. The number of aromatic nitrogens is 1. The Morgan fingerprint density at radius 1 is 1.24 bits per heavy atom. The highest BCUT2D eigenvalue weighted by Gasteiger charge is 2.31. The molecule has 0 aliphatic heterocycles. The SMILES string of the molecule is C\C=C/C(=C\C=C(/C)c1nc(C)c(CSc2ccc(CC(=O)OC)cc2OC)s1)C(F)(F)F. The second-order valence-electron chi connectivity index (χ2n) is 7.02. The van der Waals surface area contributed by atoms with Crippen LogP contribution in [-0.2, 0) is 21.7 Å². The van der Waals surface area contributed by atoms with E-state index in [1.165, 1.54) is 30.6 Å². The number of halogens is 3. The van der Waals surface area contributed by atoms with Gasteiger partial charge in [-0.25, -0.2) is 4.98 Å². The van der Waals surface area contributed by atoms with Crippen molar-refractivity contribution in [3.05, 3.63) is 69.2 Å². The largest absolute Gasteiger partial charge is 0.496 e. The summed E-state index contributed by atoms with van der Waals surface area (Å²) >= 11 is 3.02. The summed E-state index contributed by atoms with van der Waals surface area (Å²) in [6.07, 6.45) is 0.682. The number of methoxy groups -OCH3 is 2. The number of rotatable bonds is 9. The van der Waals surface area contributed by atoms with E-state index in [-0.39, 0.29) is 12.4 Å². The van der Waals surface area contributed by atoms with Crippen LogP contribution in [0.2, 0.25) is 0 Å². The van der Waals surface area contributed by atoms with Crippen LogP contribution in [0.1, 0.15) is 35.0 Å². The zero-order valence-electron chi connectivity index (χ0n) is 19.1. The lowest BCUT2D eigenvalue weighted by Crippen LogP contribution is -2.09. The predicted molar refractivity (Wildman–Crippen MR) is 128 cm³/mol. The molecule has 1 aromatic carbocycles. The Bertz CT molecular complexity index is 1070. The molecule has 178 valence electrons. The maximum atomic E-state index is 13.1. The average molecular weight is 498 g/mol. The fourth-order valence-corrected chi connectivity index (χ4v) is 4.96. The Morgan fingerprint density at radius 3 is 2.58 bits per heavy atom. The number of nitrogens with zero attached hydrogens (tertiary/aromatic N) is 1. The van der Waals surface area contributed by atoms with Crippen molar-refractivity contribution in [2.24, 2.45) is 0 Å². The summed E-state index contributed by atoms with van der Waals surface area (Å²) in [4.78, 5) is 18.0. The van der Waals surface area contributed by atoms with Crippen molar-refractivity contribution in [3.8, 4) is 5.75 Å². The van der Waals surface area contributed by atoms with Crippen molar-refractivity contribution >= 4 is 34.6 Å². The molecule has 1 heterocycles. The van der Waals surface area contributed by atoms with Gasteiger partial charge in [-0.3, -0.25) is 4.79 Å². The number of allylic oxidation sites excluding steroid dienone is 6. The Kier molecular flexibility index (Phi) is 9.79. The number of esters is 1. The molecule has 2 aromatic rings. The highest BCUT2D eigenvalue weighted by molar-refractivity contribution is 7.98. The van der Waals surface area contributed by atoms with Gasteiger partial charge in [-0.15, -0.1) is 23.1 Å². The second-order valence-corrected chi connectivity index (χ2v) is 9.12. The quantitative estimate of drug-likeness (QED) is 0.213. The van der Waals surface area contributed by atoms with Crippen LogP contribution < -0.4 is 4.74 Å². The number of thioether (sulfide) groups is 1. The van der Waals surface area contributed by atoms with Crippen LogP contribution in [0, 0.1) is 6.92 Å². The monoisotopic (exact) mass is 497 g/mol. The Morgan fingerprint density at radius 2 is 1.97 bits per heavy atom. The minimum atomic E-state index is -4.41. The van der Waals surface area contributed by atoms with E-state index in [4.69, 9.17) is 9.47 Å². The van der Waals surface area contributed by atoms with E-state index in [0.29, 0.717) is 22.1 Å². The topological polar surface area (TPSA) is 48.4 Å². The van der Waals surface area contributed by atoms with Gasteiger partial charge in [0, 0.05) is 15.5 Å². The van der Waals surface area contributed by atoms with Gasteiger partial charge in [0.15, 0.2) is 0 Å². The van der Waals surface area contributed by atoms with E-state index < -0.39 is 11.7 Å². The molecule has 9 heteroatoms. The third-order valence-corrected chi connectivity index (χ3v) is 7.14. The smallest absolute Gasteiger partial charge is 0.416 e. The van der Waals surface area contributed by atoms with Crippen LogP contribution >= 0.6 is 23.1 Å². The number of alkyl halides is 3. The van der Waals surface area contributed by atoms with Gasteiger partial charge in [0.2, 0.25) is 0 Å². The minimum absolute atomic E-state index is 0.166. The van der Waals surface area contributed by atoms with E-state index >= 15 is 0 Å². The number of benzene rings is 1. The van der Waals surface area contributed by atoms with Gasteiger partial charge in [0.25, 0.3) is 0 Å². The van der Waals surface area contributed by atoms with Crippen LogP contribution in [0.25, 0.3) is 5.57 Å². The zero-order valence-corrected chi connectivity index (χ0v) is 20.7. The van der Waals surface area contributed by atoms with Gasteiger partial charge < -0.3 is 9.47 Å². The van der Waals surface area contributed by atoms with E-state index in [9.17, 15) is 18.0 Å². The third kappa shape index (κ3) is 7.78. The summed E-state index contributed by atoms with van der Waals surface area (Å²) in [6, 6.07) is 5.57. The van der Waals surface area contributed by atoms with Crippen molar-refractivity contribution < 1.29 is 27.4 Å². The molecule has 0 saturated carbocycles. The van der Waals surface area contributed by atoms with Gasteiger partial charge in [-0.2, -0.15) is 13.2 Å². The van der Waals surface area contributed by atoms with E-state index in [2.05, 4.69) is 4.98 Å². The molecule has 0 fully saturated rings. The summed E-state index contributed by atoms with van der Waals surface area (Å²) in [5.41, 5.74) is 1.58. The molecule has 0 saturated heterocycles. The Balaban J connectivity index is 2.17. The first-order valence-electron chi connectivity index (χ1n) is 10.0. The summed E-state index contributed by atoms with van der Waals surface area (Å²) in [5, 5.41) is 0.682. The zero-order chi connectivity index (χ0) is 24.6. The number of aryl methyl sites for hydroxylation is 1. The molecule has 0 aliphatic rings. The molecule has 4 nitrogen and oxygen atoms in total. The van der Waals surface area contributed by atoms with Crippen molar-refractivity contribution in [1.29, 1.82) is 0 Å². The second kappa shape index (κ2) is 12.1. The fraction of sp³-hybridized carbons (Fsp3) is 0.333. The van der Waals surface area contributed by atoms with Gasteiger partial charge in [-0.05, 0) is 50.1 Å². The minimum Gasteiger partial charge on any atom is -0.496 e. The highest BCUT2D eigenvalue weighted by atomic mass is 32.2. The van der Waals surface area contributed by atoms with Crippen LogP contribution in [0.15, 0.2) is 53.0 Å². The molecule has 0 amide bonds. The molecule has 0 spiro atoms. The Labute approximate surface area is 200 Å². The average Bonchev–Trinajstić information content (AvgIpc) is 3.15. The molecular weight excluding hydrogens is 471 g/mol. The molecule has 0 bridgehead atoms. The lowest BCUT2D eigenvalue weighted by atomic mass is 10.1. The fourth-order valence-electron chi connectivity index (χ4n) is 2.76. The number of carbonyl (C=O) groups is 1. The molecule has 0 radical (unpaired) electrons. The van der Waals surface area contributed by atoms with Crippen LogP contribution in [-0.4, -0.2) is 31.3 Å². The van der Waals surface area contributed by atoms with Gasteiger partial charge in [0.05, 0.1) is 31.9 Å². The van der Waals surface area contributed by atoms with Crippen LogP contribution in [0.5, 0.6) is 5.75 Å². The number of hydrogen-bond acceptors (Lipinski definition) is 6. The summed E-state index contributed by atoms with van der Waals surface area (Å²) in [7, 11) is 2.92. The molecular formula is C24H26F3NO3S2. The summed E-state index contributed by atoms with van der Waals surface area (Å²) in [5.74, 6) is 0.969. The van der Waals surface area contributed by atoms with E-state index in [1.807, 2.05) is 25.1 Å². The predicted octanol–water partition coefficient (Wildman–Crippen LogP) is 6.94. The highest BCUT2D eigenvalue weighted by Crippen LogP contribution is 2.36.